The van der Waals surface area contributed by atoms with E-state index in [1.165, 1.54) is 30.3 Å². The van der Waals surface area contributed by atoms with Gasteiger partial charge in [-0.05, 0) is 42.5 Å². The number of carbonyl (C=O) groups is 2. The number of aromatic amines is 1. The molecule has 0 saturated carbocycles. The number of hydrogen-bond donors (Lipinski definition) is 5. The number of fused-ring (bicyclic) bond motifs is 1. The smallest absolute Gasteiger partial charge is 0.267 e. The van der Waals surface area contributed by atoms with Crippen LogP contribution in [0.2, 0.25) is 10.0 Å². The molecule has 7 N–H and O–H groups in total. The molecule has 0 spiro atoms. The number of benzene rings is 3. The fourth-order valence-electron chi connectivity index (χ4n) is 3.38. The average molecular weight is 516 g/mol. The van der Waals surface area contributed by atoms with Crippen LogP contribution < -0.4 is 26.8 Å². The van der Waals surface area contributed by atoms with Crippen LogP contribution in [0.3, 0.4) is 0 Å². The minimum absolute atomic E-state index is 0.0456. The molecule has 4 aromatic rings. The maximum atomic E-state index is 15.1. The lowest BCUT2D eigenvalue weighted by Gasteiger charge is -2.13. The molecule has 0 fully saturated rings. The van der Waals surface area contributed by atoms with Gasteiger partial charge in [-0.25, -0.2) is 4.39 Å². The maximum absolute atomic E-state index is 15.1. The number of anilines is 2. The summed E-state index contributed by atoms with van der Waals surface area (Å²) in [6.45, 7) is -0.261. The number of aromatic nitrogens is 1. The second kappa shape index (κ2) is 10.2. The van der Waals surface area contributed by atoms with Gasteiger partial charge in [0.05, 0.1) is 11.6 Å². The van der Waals surface area contributed by atoms with Crippen molar-refractivity contribution in [1.29, 1.82) is 0 Å². The zero-order valence-electron chi connectivity index (χ0n) is 18.1. The highest BCUT2D eigenvalue weighted by molar-refractivity contribution is 6.32. The Morgan fingerprint density at radius 2 is 1.86 bits per heavy atom. The van der Waals surface area contributed by atoms with E-state index in [9.17, 15) is 9.59 Å². The van der Waals surface area contributed by atoms with Gasteiger partial charge in [0.1, 0.15) is 11.4 Å². The van der Waals surface area contributed by atoms with Crippen LogP contribution in [0.15, 0.2) is 54.6 Å². The normalized spacial score (nSPS) is 10.9. The largest absolute Gasteiger partial charge is 0.453 e. The summed E-state index contributed by atoms with van der Waals surface area (Å²) in [4.78, 5) is 27.2. The third kappa shape index (κ3) is 5.65. The number of hydrogen-bond acceptors (Lipinski definition) is 5. The highest BCUT2D eigenvalue weighted by Crippen LogP contribution is 2.35. The summed E-state index contributed by atoms with van der Waals surface area (Å²) in [6.07, 6.45) is 0. The minimum atomic E-state index is -0.728. The Labute approximate surface area is 209 Å². The molecule has 11 heteroatoms. The van der Waals surface area contributed by atoms with Crippen LogP contribution in [-0.4, -0.2) is 23.3 Å². The van der Waals surface area contributed by atoms with Crippen molar-refractivity contribution in [2.45, 2.75) is 6.54 Å². The van der Waals surface area contributed by atoms with E-state index in [1.807, 2.05) is 0 Å². The molecule has 0 aliphatic carbocycles. The number of carbonyl (C=O) groups excluding carboxylic acids is 2. The van der Waals surface area contributed by atoms with Crippen molar-refractivity contribution in [3.05, 3.63) is 81.7 Å². The zero-order chi connectivity index (χ0) is 25.1. The molecule has 35 heavy (non-hydrogen) atoms. The Kier molecular flexibility index (Phi) is 7.11. The van der Waals surface area contributed by atoms with Crippen LogP contribution in [0.25, 0.3) is 10.9 Å². The molecule has 0 atom stereocenters. The molecule has 0 bridgehead atoms. The van der Waals surface area contributed by atoms with Crippen LogP contribution in [0.5, 0.6) is 11.5 Å². The molecule has 0 aliphatic heterocycles. The minimum Gasteiger partial charge on any atom is -0.453 e. The molecule has 0 radical (unpaired) electrons. The first-order chi connectivity index (χ1) is 16.7. The SMILES string of the molecule is NCC(=O)Nc1ccc2[nH]c(C(=O)NCc3ccc(Cl)c(Oc4cc(N)cc(Cl)c4)c3F)cc2c1. The van der Waals surface area contributed by atoms with Gasteiger partial charge < -0.3 is 31.8 Å². The van der Waals surface area contributed by atoms with Gasteiger partial charge in [-0.15, -0.1) is 0 Å². The lowest BCUT2D eigenvalue weighted by atomic mass is 10.2. The summed E-state index contributed by atoms with van der Waals surface area (Å²) in [7, 11) is 0. The molecule has 2 amide bonds. The number of ether oxygens (including phenoxy) is 1. The Hall–Kier alpha value is -3.79. The number of nitrogens with one attached hydrogen (secondary N) is 3. The van der Waals surface area contributed by atoms with Crippen LogP contribution in [-0.2, 0) is 11.3 Å². The molecular formula is C24H20Cl2FN5O3. The van der Waals surface area contributed by atoms with E-state index in [0.717, 1.165) is 0 Å². The first-order valence-electron chi connectivity index (χ1n) is 10.3. The van der Waals surface area contributed by atoms with E-state index < -0.39 is 11.7 Å². The first kappa shape index (κ1) is 24.3. The van der Waals surface area contributed by atoms with E-state index in [1.54, 1.807) is 24.3 Å². The number of halogens is 3. The van der Waals surface area contributed by atoms with Gasteiger partial charge in [0.25, 0.3) is 5.91 Å². The average Bonchev–Trinajstić information content (AvgIpc) is 3.24. The Balaban J connectivity index is 1.49. The summed E-state index contributed by atoms with van der Waals surface area (Å²) in [6, 6.07) is 14.2. The van der Waals surface area contributed by atoms with Gasteiger partial charge in [-0.1, -0.05) is 29.3 Å². The summed E-state index contributed by atoms with van der Waals surface area (Å²) < 4.78 is 20.7. The van der Waals surface area contributed by atoms with Crippen molar-refractivity contribution in [2.75, 3.05) is 17.6 Å². The number of rotatable bonds is 7. The Bertz CT molecular complexity index is 1420. The van der Waals surface area contributed by atoms with E-state index in [-0.39, 0.29) is 46.8 Å². The molecule has 8 nitrogen and oxygen atoms in total. The van der Waals surface area contributed by atoms with Crippen LogP contribution in [0.1, 0.15) is 16.1 Å². The predicted octanol–water partition coefficient (Wildman–Crippen LogP) is 4.82. The van der Waals surface area contributed by atoms with Crippen LogP contribution >= 0.6 is 23.2 Å². The Morgan fingerprint density at radius 3 is 2.60 bits per heavy atom. The van der Waals surface area contributed by atoms with Gasteiger partial charge in [0.2, 0.25) is 5.91 Å². The topological polar surface area (TPSA) is 135 Å². The molecule has 0 aliphatic rings. The predicted molar refractivity (Wildman–Crippen MR) is 135 cm³/mol. The fourth-order valence-corrected chi connectivity index (χ4v) is 3.80. The molecule has 0 saturated heterocycles. The second-order valence-corrected chi connectivity index (χ2v) is 8.44. The van der Waals surface area contributed by atoms with Crippen molar-refractivity contribution < 1.29 is 18.7 Å². The summed E-state index contributed by atoms with van der Waals surface area (Å²) in [5.41, 5.74) is 13.1. The first-order valence-corrected chi connectivity index (χ1v) is 11.1. The quantitative estimate of drug-likeness (QED) is 0.225. The van der Waals surface area contributed by atoms with Gasteiger partial charge in [0.15, 0.2) is 11.6 Å². The molecule has 1 aromatic heterocycles. The number of amides is 2. The highest BCUT2D eigenvalue weighted by Gasteiger charge is 2.17. The Morgan fingerprint density at radius 1 is 1.06 bits per heavy atom. The number of nitrogen functional groups attached to an aromatic ring is 1. The lowest BCUT2D eigenvalue weighted by molar-refractivity contribution is -0.114. The lowest BCUT2D eigenvalue weighted by Crippen LogP contribution is -2.23. The van der Waals surface area contributed by atoms with Gasteiger partial charge >= 0.3 is 0 Å². The van der Waals surface area contributed by atoms with Gasteiger partial charge in [-0.3, -0.25) is 9.59 Å². The standard InChI is InChI=1S/C24H20Cl2FN5O3/c25-14-7-15(29)9-17(8-14)35-23-18(26)3-1-12(22(23)27)11-30-24(34)20-6-13-5-16(31-21(33)10-28)2-4-19(13)32-20/h1-9,32H,10-11,28-29H2,(H,30,34)(H,31,33). The number of nitrogens with two attached hydrogens (primary N) is 2. The van der Waals surface area contributed by atoms with E-state index in [4.69, 9.17) is 39.4 Å². The van der Waals surface area contributed by atoms with E-state index in [0.29, 0.717) is 27.3 Å². The van der Waals surface area contributed by atoms with Crippen molar-refractivity contribution in [2.24, 2.45) is 5.73 Å². The second-order valence-electron chi connectivity index (χ2n) is 7.59. The van der Waals surface area contributed by atoms with Crippen LogP contribution in [0, 0.1) is 5.82 Å². The maximum Gasteiger partial charge on any atom is 0.267 e. The molecule has 1 heterocycles. The fraction of sp³-hybridized carbons (Fsp3) is 0.0833. The zero-order valence-corrected chi connectivity index (χ0v) is 19.6. The van der Waals surface area contributed by atoms with Crippen molar-refractivity contribution >= 4 is 57.3 Å². The summed E-state index contributed by atoms with van der Waals surface area (Å²) in [5, 5.41) is 6.40. The molecule has 180 valence electrons. The van der Waals surface area contributed by atoms with Crippen molar-refractivity contribution in [3.63, 3.8) is 0 Å². The van der Waals surface area contributed by atoms with Crippen molar-refractivity contribution in [1.82, 2.24) is 10.3 Å². The third-order valence-electron chi connectivity index (χ3n) is 5.02. The third-order valence-corrected chi connectivity index (χ3v) is 5.53. The number of H-pyrrole nitrogens is 1. The van der Waals surface area contributed by atoms with Crippen LogP contribution in [0.4, 0.5) is 15.8 Å². The highest BCUT2D eigenvalue weighted by atomic mass is 35.5. The molecule has 3 aromatic carbocycles. The van der Waals surface area contributed by atoms with Gasteiger partial charge in [0, 0.05) is 45.5 Å². The van der Waals surface area contributed by atoms with E-state index >= 15 is 4.39 Å². The van der Waals surface area contributed by atoms with Gasteiger partial charge in [-0.2, -0.15) is 0 Å². The molecule has 4 rings (SSSR count). The van der Waals surface area contributed by atoms with Crippen molar-refractivity contribution in [3.8, 4) is 11.5 Å². The monoisotopic (exact) mass is 515 g/mol. The molecular weight excluding hydrogens is 496 g/mol. The summed E-state index contributed by atoms with van der Waals surface area (Å²) >= 11 is 12.1. The summed E-state index contributed by atoms with van der Waals surface area (Å²) in [5.74, 6) is -1.50. The molecule has 0 unspecified atom stereocenters. The van der Waals surface area contributed by atoms with E-state index in [2.05, 4.69) is 15.6 Å².